The lowest BCUT2D eigenvalue weighted by molar-refractivity contribution is 0.183. The van der Waals surface area contributed by atoms with E-state index in [1.54, 1.807) is 7.05 Å². The molecule has 1 aromatic rings. The van der Waals surface area contributed by atoms with Crippen LogP contribution in [0.25, 0.3) is 0 Å². The van der Waals surface area contributed by atoms with Gasteiger partial charge in [-0.2, -0.15) is 0 Å². The van der Waals surface area contributed by atoms with E-state index >= 15 is 0 Å². The van der Waals surface area contributed by atoms with Gasteiger partial charge in [-0.05, 0) is 45.7 Å². The summed E-state index contributed by atoms with van der Waals surface area (Å²) in [5, 5.41) is 6.68. The van der Waals surface area contributed by atoms with Crippen LogP contribution >= 0.6 is 0 Å². The van der Waals surface area contributed by atoms with E-state index in [-0.39, 0.29) is 0 Å². The molecule has 1 saturated heterocycles. The van der Waals surface area contributed by atoms with Crippen molar-refractivity contribution in [1.29, 1.82) is 0 Å². The van der Waals surface area contributed by atoms with Gasteiger partial charge in [0.2, 0.25) is 5.89 Å². The van der Waals surface area contributed by atoms with Gasteiger partial charge in [-0.3, -0.25) is 4.99 Å². The molecule has 0 spiro atoms. The van der Waals surface area contributed by atoms with Gasteiger partial charge in [-0.25, -0.2) is 4.98 Å². The molecular weight excluding hydrogens is 278 g/mol. The van der Waals surface area contributed by atoms with Gasteiger partial charge in [0.05, 0.1) is 12.2 Å². The number of oxazole rings is 1. The zero-order valence-corrected chi connectivity index (χ0v) is 14.3. The minimum atomic E-state index is 0.556. The molecule has 2 heterocycles. The third-order valence-electron chi connectivity index (χ3n) is 4.31. The maximum absolute atomic E-state index is 5.57. The van der Waals surface area contributed by atoms with Gasteiger partial charge in [-0.1, -0.05) is 6.92 Å². The molecule has 0 radical (unpaired) electrons. The number of guanidine groups is 1. The molecule has 1 aliphatic rings. The van der Waals surface area contributed by atoms with E-state index in [0.29, 0.717) is 18.4 Å². The Kier molecular flexibility index (Phi) is 6.24. The number of aromatic nitrogens is 1. The summed E-state index contributed by atoms with van der Waals surface area (Å²) in [7, 11) is 1.79. The highest BCUT2D eigenvalue weighted by atomic mass is 16.4. The van der Waals surface area contributed by atoms with Crippen molar-refractivity contribution in [3.63, 3.8) is 0 Å². The van der Waals surface area contributed by atoms with E-state index in [9.17, 15) is 0 Å². The molecule has 0 bridgehead atoms. The Morgan fingerprint density at radius 1 is 1.41 bits per heavy atom. The Bertz CT molecular complexity index is 477. The normalized spacial score (nSPS) is 20.2. The predicted octanol–water partition coefficient (Wildman–Crippen LogP) is 1.69. The van der Waals surface area contributed by atoms with Crippen LogP contribution in [0.3, 0.4) is 0 Å². The first-order valence-electron chi connectivity index (χ1n) is 8.22. The van der Waals surface area contributed by atoms with Gasteiger partial charge < -0.3 is 20.0 Å². The molecule has 1 unspecified atom stereocenters. The second-order valence-electron chi connectivity index (χ2n) is 5.96. The lowest BCUT2D eigenvalue weighted by Crippen LogP contribution is -2.44. The number of aliphatic imine (C=N–C) groups is 1. The Balaban J connectivity index is 1.75. The number of hydrogen-bond donors (Lipinski definition) is 2. The van der Waals surface area contributed by atoms with Gasteiger partial charge >= 0.3 is 0 Å². The zero-order valence-electron chi connectivity index (χ0n) is 14.3. The van der Waals surface area contributed by atoms with Gasteiger partial charge in [0.15, 0.2) is 5.96 Å². The van der Waals surface area contributed by atoms with Crippen molar-refractivity contribution in [3.8, 4) is 0 Å². The van der Waals surface area contributed by atoms with Crippen LogP contribution in [0.15, 0.2) is 9.41 Å². The van der Waals surface area contributed by atoms with Gasteiger partial charge in [0, 0.05) is 20.1 Å². The Morgan fingerprint density at radius 2 is 2.23 bits per heavy atom. The summed E-state index contributed by atoms with van der Waals surface area (Å²) >= 11 is 0. The molecule has 1 atom stereocenters. The maximum Gasteiger partial charge on any atom is 0.214 e. The minimum absolute atomic E-state index is 0.556. The van der Waals surface area contributed by atoms with E-state index in [1.807, 2.05) is 13.8 Å². The molecule has 6 heteroatoms. The number of aryl methyl sites for hydroxylation is 2. The van der Waals surface area contributed by atoms with Crippen molar-refractivity contribution < 1.29 is 4.42 Å². The lowest BCUT2D eigenvalue weighted by Gasteiger charge is -2.32. The van der Waals surface area contributed by atoms with E-state index < -0.39 is 0 Å². The topological polar surface area (TPSA) is 65.7 Å². The first-order chi connectivity index (χ1) is 10.6. The molecule has 22 heavy (non-hydrogen) atoms. The van der Waals surface area contributed by atoms with E-state index in [2.05, 4.69) is 32.4 Å². The summed E-state index contributed by atoms with van der Waals surface area (Å²) < 4.78 is 5.57. The van der Waals surface area contributed by atoms with Crippen LogP contribution in [0.1, 0.15) is 37.1 Å². The van der Waals surface area contributed by atoms with Crippen molar-refractivity contribution >= 4 is 5.96 Å². The molecule has 1 aliphatic heterocycles. The van der Waals surface area contributed by atoms with Crippen LogP contribution in [-0.2, 0) is 6.54 Å². The number of nitrogens with one attached hydrogen (secondary N) is 2. The molecule has 124 valence electrons. The van der Waals surface area contributed by atoms with Crippen molar-refractivity contribution in [2.45, 2.75) is 40.2 Å². The van der Waals surface area contributed by atoms with Crippen molar-refractivity contribution in [2.24, 2.45) is 10.9 Å². The monoisotopic (exact) mass is 307 g/mol. The second-order valence-corrected chi connectivity index (χ2v) is 5.96. The standard InChI is InChI=1S/C16H29N5O/c1-5-21-8-6-7-14(11-21)9-18-16(17-4)19-10-15-20-12(2)13(3)22-15/h14H,5-11H2,1-4H3,(H2,17,18,19). The smallest absolute Gasteiger partial charge is 0.214 e. The van der Waals surface area contributed by atoms with E-state index in [1.165, 1.54) is 25.9 Å². The molecule has 2 rings (SSSR count). The zero-order chi connectivity index (χ0) is 15.9. The molecule has 1 aromatic heterocycles. The lowest BCUT2D eigenvalue weighted by atomic mass is 9.98. The molecule has 2 N–H and O–H groups in total. The van der Waals surface area contributed by atoms with Crippen LogP contribution in [0.4, 0.5) is 0 Å². The molecule has 0 saturated carbocycles. The number of rotatable bonds is 5. The highest BCUT2D eigenvalue weighted by molar-refractivity contribution is 5.79. The summed E-state index contributed by atoms with van der Waals surface area (Å²) in [6, 6.07) is 0. The van der Waals surface area contributed by atoms with Crippen molar-refractivity contribution in [2.75, 3.05) is 33.2 Å². The predicted molar refractivity (Wildman–Crippen MR) is 89.0 cm³/mol. The van der Waals surface area contributed by atoms with Crippen molar-refractivity contribution in [1.82, 2.24) is 20.5 Å². The first-order valence-corrected chi connectivity index (χ1v) is 8.22. The number of nitrogens with zero attached hydrogens (tertiary/aromatic N) is 3. The third-order valence-corrected chi connectivity index (χ3v) is 4.31. The number of hydrogen-bond acceptors (Lipinski definition) is 4. The molecule has 0 aromatic carbocycles. The maximum atomic E-state index is 5.57. The minimum Gasteiger partial charge on any atom is -0.444 e. The molecule has 0 aliphatic carbocycles. The number of piperidine rings is 1. The summed E-state index contributed by atoms with van der Waals surface area (Å²) in [4.78, 5) is 11.2. The largest absolute Gasteiger partial charge is 0.444 e. The molecule has 0 amide bonds. The molecular formula is C16H29N5O. The highest BCUT2D eigenvalue weighted by Gasteiger charge is 2.18. The Morgan fingerprint density at radius 3 is 2.86 bits per heavy atom. The second kappa shape index (κ2) is 8.17. The van der Waals surface area contributed by atoms with Gasteiger partial charge in [-0.15, -0.1) is 0 Å². The summed E-state index contributed by atoms with van der Waals surface area (Å²) in [5.41, 5.74) is 0.946. The third kappa shape index (κ3) is 4.73. The van der Waals surface area contributed by atoms with Gasteiger partial charge in [0.25, 0.3) is 0 Å². The fraction of sp³-hybridized carbons (Fsp3) is 0.750. The molecule has 6 nitrogen and oxygen atoms in total. The van der Waals surface area contributed by atoms with Crippen molar-refractivity contribution in [3.05, 3.63) is 17.3 Å². The van der Waals surface area contributed by atoms with Crippen LogP contribution in [0, 0.1) is 19.8 Å². The Hall–Kier alpha value is -1.56. The fourth-order valence-electron chi connectivity index (χ4n) is 2.84. The fourth-order valence-corrected chi connectivity index (χ4v) is 2.84. The molecule has 1 fully saturated rings. The van der Waals surface area contributed by atoms with E-state index in [4.69, 9.17) is 4.42 Å². The van der Waals surface area contributed by atoms with Gasteiger partial charge in [0.1, 0.15) is 5.76 Å². The first kappa shape index (κ1) is 16.8. The van der Waals surface area contributed by atoms with Crippen LogP contribution < -0.4 is 10.6 Å². The average molecular weight is 307 g/mol. The van der Waals surface area contributed by atoms with Crippen LogP contribution in [0.2, 0.25) is 0 Å². The Labute approximate surface area is 133 Å². The number of likely N-dealkylation sites (tertiary alicyclic amines) is 1. The average Bonchev–Trinajstić information content (AvgIpc) is 2.86. The highest BCUT2D eigenvalue weighted by Crippen LogP contribution is 2.15. The van der Waals surface area contributed by atoms with E-state index in [0.717, 1.165) is 30.5 Å². The van der Waals surface area contributed by atoms with Crippen LogP contribution in [-0.4, -0.2) is 49.1 Å². The quantitative estimate of drug-likeness (QED) is 0.640. The van der Waals surface area contributed by atoms with Crippen LogP contribution in [0.5, 0.6) is 0 Å². The summed E-state index contributed by atoms with van der Waals surface area (Å²) in [5.74, 6) is 3.08. The summed E-state index contributed by atoms with van der Waals surface area (Å²) in [6.07, 6.45) is 2.58. The summed E-state index contributed by atoms with van der Waals surface area (Å²) in [6.45, 7) is 11.2. The SMILES string of the molecule is CCN1CCCC(CNC(=NC)NCc2nc(C)c(C)o2)C1.